The molecule has 0 radical (unpaired) electrons. The van der Waals surface area contributed by atoms with Crippen LogP contribution in [0.4, 0.5) is 14.9 Å². The average Bonchev–Trinajstić information content (AvgIpc) is 2.66. The summed E-state index contributed by atoms with van der Waals surface area (Å²) in [5.74, 6) is 0.0288. The summed E-state index contributed by atoms with van der Waals surface area (Å²) in [5.41, 5.74) is 1.17. The lowest BCUT2D eigenvalue weighted by atomic mass is 10.1. The van der Waals surface area contributed by atoms with Crippen molar-refractivity contribution in [1.82, 2.24) is 10.2 Å². The molecule has 0 aliphatic heterocycles. The molecule has 0 aliphatic rings. The number of urea groups is 1. The Bertz CT molecular complexity index is 825. The van der Waals surface area contributed by atoms with Gasteiger partial charge in [0.05, 0.1) is 13.2 Å². The van der Waals surface area contributed by atoms with Gasteiger partial charge in [-0.25, -0.2) is 9.18 Å². The van der Waals surface area contributed by atoms with Gasteiger partial charge in [0, 0.05) is 19.8 Å². The normalized spacial score (nSPS) is 11.3. The van der Waals surface area contributed by atoms with Gasteiger partial charge < -0.3 is 25.0 Å². The number of amides is 3. The predicted molar refractivity (Wildman–Crippen MR) is 104 cm³/mol. The zero-order valence-corrected chi connectivity index (χ0v) is 16.3. The molecule has 2 rings (SSSR count). The van der Waals surface area contributed by atoms with Crippen LogP contribution in [0.3, 0.4) is 0 Å². The third kappa shape index (κ3) is 5.87. The minimum atomic E-state index is -0.489. The Morgan fingerprint density at radius 3 is 2.39 bits per heavy atom. The van der Waals surface area contributed by atoms with E-state index in [-0.39, 0.29) is 18.3 Å². The molecule has 2 N–H and O–H groups in total. The molecule has 7 nitrogen and oxygen atoms in total. The highest BCUT2D eigenvalue weighted by molar-refractivity contribution is 5.89. The molecule has 0 aromatic heterocycles. The first-order chi connectivity index (χ1) is 13.3. The van der Waals surface area contributed by atoms with Crippen LogP contribution in [0.1, 0.15) is 18.5 Å². The highest BCUT2D eigenvalue weighted by Crippen LogP contribution is 2.22. The fourth-order valence-electron chi connectivity index (χ4n) is 2.31. The van der Waals surface area contributed by atoms with Gasteiger partial charge in [-0.05, 0) is 48.9 Å². The van der Waals surface area contributed by atoms with E-state index in [9.17, 15) is 14.0 Å². The fourth-order valence-corrected chi connectivity index (χ4v) is 2.31. The molecular formula is C20H24FN3O4. The van der Waals surface area contributed by atoms with E-state index in [4.69, 9.17) is 9.47 Å². The molecule has 8 heteroatoms. The molecule has 28 heavy (non-hydrogen) atoms. The summed E-state index contributed by atoms with van der Waals surface area (Å²) >= 11 is 0. The van der Waals surface area contributed by atoms with Gasteiger partial charge in [0.1, 0.15) is 5.75 Å². The van der Waals surface area contributed by atoms with Gasteiger partial charge in [-0.15, -0.1) is 0 Å². The number of methoxy groups -OCH3 is 1. The van der Waals surface area contributed by atoms with E-state index in [2.05, 4.69) is 10.6 Å². The largest absolute Gasteiger partial charge is 0.494 e. The first-order valence-electron chi connectivity index (χ1n) is 8.64. The lowest BCUT2D eigenvalue weighted by molar-refractivity contribution is -0.130. The zero-order valence-electron chi connectivity index (χ0n) is 16.3. The van der Waals surface area contributed by atoms with Gasteiger partial charge in [-0.1, -0.05) is 6.07 Å². The van der Waals surface area contributed by atoms with Crippen molar-refractivity contribution in [3.63, 3.8) is 0 Å². The monoisotopic (exact) mass is 389 g/mol. The van der Waals surface area contributed by atoms with Gasteiger partial charge in [-0.3, -0.25) is 4.79 Å². The lowest BCUT2D eigenvalue weighted by Crippen LogP contribution is -2.31. The van der Waals surface area contributed by atoms with Crippen molar-refractivity contribution < 1.29 is 23.5 Å². The van der Waals surface area contributed by atoms with E-state index in [0.717, 1.165) is 0 Å². The molecule has 0 heterocycles. The number of benzene rings is 2. The highest BCUT2D eigenvalue weighted by Gasteiger charge is 2.12. The Hall–Kier alpha value is -3.29. The first-order valence-corrected chi connectivity index (χ1v) is 8.64. The molecule has 0 saturated carbocycles. The van der Waals surface area contributed by atoms with E-state index in [1.165, 1.54) is 24.1 Å². The van der Waals surface area contributed by atoms with Crippen molar-refractivity contribution in [2.24, 2.45) is 0 Å². The average molecular weight is 389 g/mol. The summed E-state index contributed by atoms with van der Waals surface area (Å²) in [6.45, 7) is 1.69. The number of halogens is 1. The summed E-state index contributed by atoms with van der Waals surface area (Å²) < 4.78 is 24.1. The van der Waals surface area contributed by atoms with Crippen LogP contribution in [-0.4, -0.2) is 44.7 Å². The molecule has 0 fully saturated rings. The number of likely N-dealkylation sites (N-methyl/N-ethyl adjacent to an activating group) is 1. The molecule has 2 aromatic rings. The summed E-state index contributed by atoms with van der Waals surface area (Å²) in [5, 5.41) is 5.43. The van der Waals surface area contributed by atoms with Crippen molar-refractivity contribution in [3.8, 4) is 11.5 Å². The third-order valence-electron chi connectivity index (χ3n) is 4.00. The predicted octanol–water partition coefficient (Wildman–Crippen LogP) is 3.18. The van der Waals surface area contributed by atoms with Gasteiger partial charge in [-0.2, -0.15) is 0 Å². The maximum Gasteiger partial charge on any atom is 0.319 e. The third-order valence-corrected chi connectivity index (χ3v) is 4.00. The van der Waals surface area contributed by atoms with Crippen molar-refractivity contribution in [1.29, 1.82) is 0 Å². The number of carbonyl (C=O) groups excluding carboxylic acids is 2. The summed E-state index contributed by atoms with van der Waals surface area (Å²) in [7, 11) is 4.70. The Kier molecular flexibility index (Phi) is 7.20. The van der Waals surface area contributed by atoms with E-state index in [1.54, 1.807) is 51.4 Å². The molecule has 3 amide bonds. The van der Waals surface area contributed by atoms with Crippen molar-refractivity contribution >= 4 is 17.6 Å². The number of carbonyl (C=O) groups is 2. The second-order valence-electron chi connectivity index (χ2n) is 6.32. The molecule has 1 atom stereocenters. The molecular weight excluding hydrogens is 365 g/mol. The van der Waals surface area contributed by atoms with Crippen molar-refractivity contribution in [2.45, 2.75) is 13.0 Å². The van der Waals surface area contributed by atoms with Crippen molar-refractivity contribution in [2.75, 3.05) is 33.1 Å². The smallest absolute Gasteiger partial charge is 0.319 e. The number of hydrogen-bond acceptors (Lipinski definition) is 4. The quantitative estimate of drug-likeness (QED) is 0.762. The Morgan fingerprint density at radius 1 is 1.14 bits per heavy atom. The SMILES string of the molecule is COc1ccc(C(C)NC(=O)Nc2ccc(OCC(=O)N(C)C)cc2)cc1F. The van der Waals surface area contributed by atoms with Crippen LogP contribution in [0.15, 0.2) is 42.5 Å². The van der Waals surface area contributed by atoms with E-state index in [0.29, 0.717) is 17.0 Å². The minimum Gasteiger partial charge on any atom is -0.494 e. The number of hydrogen-bond donors (Lipinski definition) is 2. The van der Waals surface area contributed by atoms with Gasteiger partial charge in [0.25, 0.3) is 5.91 Å². The van der Waals surface area contributed by atoms with Gasteiger partial charge in [0.2, 0.25) is 0 Å². The molecule has 1 unspecified atom stereocenters. The van der Waals surface area contributed by atoms with Crippen LogP contribution < -0.4 is 20.1 Å². The maximum atomic E-state index is 13.8. The molecule has 150 valence electrons. The summed E-state index contributed by atoms with van der Waals surface area (Å²) in [6, 6.07) is 10.3. The highest BCUT2D eigenvalue weighted by atomic mass is 19.1. The molecule has 0 spiro atoms. The van der Waals surface area contributed by atoms with Crippen LogP contribution in [0.25, 0.3) is 0 Å². The summed E-state index contributed by atoms with van der Waals surface area (Å²) in [4.78, 5) is 25.1. The van der Waals surface area contributed by atoms with E-state index < -0.39 is 17.9 Å². The number of rotatable bonds is 7. The minimum absolute atomic E-state index is 0.0593. The van der Waals surface area contributed by atoms with Gasteiger partial charge >= 0.3 is 6.03 Å². The standard InChI is InChI=1S/C20H24FN3O4/c1-13(14-5-10-18(27-4)17(21)11-14)22-20(26)23-15-6-8-16(9-7-15)28-12-19(25)24(2)3/h5-11,13H,12H2,1-4H3,(H2,22,23,26). The Morgan fingerprint density at radius 2 is 1.82 bits per heavy atom. The topological polar surface area (TPSA) is 79.9 Å². The number of nitrogens with zero attached hydrogens (tertiary/aromatic N) is 1. The van der Waals surface area contributed by atoms with Crippen LogP contribution >= 0.6 is 0 Å². The number of ether oxygens (including phenoxy) is 2. The van der Waals surface area contributed by atoms with Crippen LogP contribution in [0.5, 0.6) is 11.5 Å². The van der Waals surface area contributed by atoms with Crippen LogP contribution in [0.2, 0.25) is 0 Å². The molecule has 2 aromatic carbocycles. The second kappa shape index (κ2) is 9.59. The second-order valence-corrected chi connectivity index (χ2v) is 6.32. The fraction of sp³-hybridized carbons (Fsp3) is 0.300. The number of anilines is 1. The lowest BCUT2D eigenvalue weighted by Gasteiger charge is -2.16. The Labute approximate surface area is 163 Å². The number of nitrogens with one attached hydrogen (secondary N) is 2. The maximum absolute atomic E-state index is 13.8. The van der Waals surface area contributed by atoms with Crippen LogP contribution in [0, 0.1) is 5.82 Å². The van der Waals surface area contributed by atoms with E-state index >= 15 is 0 Å². The first kappa shape index (κ1) is 21.0. The van der Waals surface area contributed by atoms with Gasteiger partial charge in [0.15, 0.2) is 18.2 Å². The summed E-state index contributed by atoms with van der Waals surface area (Å²) in [6.07, 6.45) is 0. The van der Waals surface area contributed by atoms with Crippen molar-refractivity contribution in [3.05, 3.63) is 53.8 Å². The molecule has 0 saturated heterocycles. The zero-order chi connectivity index (χ0) is 20.7. The Balaban J connectivity index is 1.88. The van der Waals surface area contributed by atoms with E-state index in [1.807, 2.05) is 0 Å². The van der Waals surface area contributed by atoms with Crippen LogP contribution in [-0.2, 0) is 4.79 Å². The molecule has 0 bridgehead atoms. The molecule has 0 aliphatic carbocycles.